The molecule has 3 heterocycles. The summed E-state index contributed by atoms with van der Waals surface area (Å²) in [5, 5.41) is 4.42. The zero-order valence-corrected chi connectivity index (χ0v) is 16.3. The van der Waals surface area contributed by atoms with E-state index in [9.17, 15) is 4.79 Å². The third-order valence-electron chi connectivity index (χ3n) is 5.20. The average Bonchev–Trinajstić information content (AvgIpc) is 3.29. The molecule has 0 unspecified atom stereocenters. The van der Waals surface area contributed by atoms with Crippen molar-refractivity contribution < 1.29 is 13.6 Å². The number of benzene rings is 1. The fourth-order valence-electron chi connectivity index (χ4n) is 3.67. The molecular formula is C21H25N3O4. The molecule has 0 amide bonds. The Morgan fingerprint density at radius 1 is 1.18 bits per heavy atom. The van der Waals surface area contributed by atoms with Gasteiger partial charge in [0.05, 0.1) is 24.5 Å². The van der Waals surface area contributed by atoms with E-state index >= 15 is 0 Å². The van der Waals surface area contributed by atoms with Crippen LogP contribution >= 0.6 is 0 Å². The van der Waals surface area contributed by atoms with E-state index in [4.69, 9.17) is 13.6 Å². The summed E-state index contributed by atoms with van der Waals surface area (Å²) >= 11 is 0. The molecular weight excluding hydrogens is 358 g/mol. The van der Waals surface area contributed by atoms with E-state index in [-0.39, 0.29) is 6.04 Å². The number of furan rings is 1. The van der Waals surface area contributed by atoms with E-state index in [0.29, 0.717) is 18.3 Å². The van der Waals surface area contributed by atoms with Crippen LogP contribution < -0.4 is 10.5 Å². The first-order valence-electron chi connectivity index (χ1n) is 9.72. The fourth-order valence-corrected chi connectivity index (χ4v) is 3.67. The minimum atomic E-state index is -0.402. The lowest BCUT2D eigenvalue weighted by Crippen LogP contribution is -2.36. The van der Waals surface area contributed by atoms with Gasteiger partial charge in [-0.25, -0.2) is 4.79 Å². The van der Waals surface area contributed by atoms with Crippen LogP contribution in [0, 0.1) is 6.92 Å². The van der Waals surface area contributed by atoms with Gasteiger partial charge < -0.3 is 13.6 Å². The molecule has 1 aliphatic rings. The normalized spacial score (nSPS) is 15.8. The van der Waals surface area contributed by atoms with Crippen LogP contribution in [0.25, 0.3) is 11.5 Å². The highest BCUT2D eigenvalue weighted by molar-refractivity contribution is 5.54. The Hall–Kier alpha value is -2.80. The molecule has 1 fully saturated rings. The van der Waals surface area contributed by atoms with Crippen LogP contribution in [0.3, 0.4) is 0 Å². The van der Waals surface area contributed by atoms with Gasteiger partial charge in [-0.05, 0) is 50.5 Å². The minimum absolute atomic E-state index is 0.0637. The number of hydrogen-bond acceptors (Lipinski definition) is 6. The molecule has 0 N–H and O–H groups in total. The summed E-state index contributed by atoms with van der Waals surface area (Å²) in [6, 6.07) is 10.1. The summed E-state index contributed by atoms with van der Waals surface area (Å²) in [5.74, 6) is 1.52. The van der Waals surface area contributed by atoms with Crippen LogP contribution in [0.15, 0.2) is 50.2 Å². The van der Waals surface area contributed by atoms with Gasteiger partial charge in [0.15, 0.2) is 0 Å². The van der Waals surface area contributed by atoms with Crippen molar-refractivity contribution in [2.75, 3.05) is 19.7 Å². The van der Waals surface area contributed by atoms with Crippen molar-refractivity contribution in [3.8, 4) is 17.2 Å². The van der Waals surface area contributed by atoms with Crippen molar-refractivity contribution in [3.05, 3.63) is 58.5 Å². The van der Waals surface area contributed by atoms with Gasteiger partial charge in [0.1, 0.15) is 11.5 Å². The Bertz CT molecular complexity index is 962. The molecule has 0 saturated carbocycles. The van der Waals surface area contributed by atoms with Crippen LogP contribution in [0.5, 0.6) is 5.75 Å². The monoisotopic (exact) mass is 383 g/mol. The number of nitrogens with zero attached hydrogens (tertiary/aromatic N) is 3. The zero-order valence-electron chi connectivity index (χ0n) is 16.3. The molecule has 148 valence electrons. The van der Waals surface area contributed by atoms with Crippen molar-refractivity contribution in [2.45, 2.75) is 39.3 Å². The van der Waals surface area contributed by atoms with Crippen LogP contribution in [-0.2, 0) is 6.54 Å². The molecule has 4 rings (SSSR count). The second-order valence-corrected chi connectivity index (χ2v) is 7.09. The molecule has 0 radical (unpaired) electrons. The predicted octanol–water partition coefficient (Wildman–Crippen LogP) is 3.64. The van der Waals surface area contributed by atoms with E-state index < -0.39 is 5.76 Å². The highest BCUT2D eigenvalue weighted by atomic mass is 16.5. The largest absolute Gasteiger partial charge is 0.494 e. The molecule has 0 spiro atoms. The minimum Gasteiger partial charge on any atom is -0.494 e. The van der Waals surface area contributed by atoms with E-state index in [1.54, 1.807) is 12.3 Å². The summed E-state index contributed by atoms with van der Waals surface area (Å²) in [6.07, 6.45) is 3.31. The van der Waals surface area contributed by atoms with Gasteiger partial charge in [0, 0.05) is 19.6 Å². The number of ether oxygens (including phenoxy) is 1. The quantitative estimate of drug-likeness (QED) is 0.647. The number of likely N-dealkylation sites (tertiary alicyclic amines) is 1. The lowest BCUT2D eigenvalue weighted by Gasteiger charge is -2.31. The van der Waals surface area contributed by atoms with E-state index in [0.717, 1.165) is 43.8 Å². The molecule has 7 heteroatoms. The highest BCUT2D eigenvalue weighted by Gasteiger charge is 2.25. The summed E-state index contributed by atoms with van der Waals surface area (Å²) in [6.45, 7) is 7.21. The number of piperidine rings is 1. The molecule has 0 bridgehead atoms. The summed E-state index contributed by atoms with van der Waals surface area (Å²) in [5.41, 5.74) is 1.99. The van der Waals surface area contributed by atoms with Crippen LogP contribution in [0.4, 0.5) is 0 Å². The molecule has 0 atom stereocenters. The Morgan fingerprint density at radius 2 is 1.93 bits per heavy atom. The topological polar surface area (TPSA) is 73.6 Å². The van der Waals surface area contributed by atoms with Gasteiger partial charge in [-0.2, -0.15) is 4.68 Å². The Morgan fingerprint density at radius 3 is 2.57 bits per heavy atom. The third kappa shape index (κ3) is 3.89. The number of aryl methyl sites for hydroxylation is 1. The fraction of sp³-hybridized carbons (Fsp3) is 0.429. The molecule has 7 nitrogen and oxygen atoms in total. The second-order valence-electron chi connectivity index (χ2n) is 7.09. The molecule has 1 saturated heterocycles. The summed E-state index contributed by atoms with van der Waals surface area (Å²) in [4.78, 5) is 14.7. The molecule has 2 aromatic heterocycles. The lowest BCUT2D eigenvalue weighted by atomic mass is 10.0. The molecule has 28 heavy (non-hydrogen) atoms. The predicted molar refractivity (Wildman–Crippen MR) is 104 cm³/mol. The van der Waals surface area contributed by atoms with Crippen molar-refractivity contribution in [1.82, 2.24) is 14.7 Å². The number of aromatic nitrogens is 2. The third-order valence-corrected chi connectivity index (χ3v) is 5.20. The highest BCUT2D eigenvalue weighted by Crippen LogP contribution is 2.25. The first kappa shape index (κ1) is 18.6. The SMILES string of the molecule is CCOc1ccc(CN2CCC(n3nc(-c4ccoc4C)oc3=O)CC2)cc1. The maximum absolute atomic E-state index is 12.3. The molecule has 3 aromatic rings. The van der Waals surface area contributed by atoms with Crippen molar-refractivity contribution in [1.29, 1.82) is 0 Å². The number of rotatable bonds is 6. The summed E-state index contributed by atoms with van der Waals surface area (Å²) < 4.78 is 17.6. The first-order chi connectivity index (χ1) is 13.6. The smallest absolute Gasteiger partial charge is 0.437 e. The maximum atomic E-state index is 12.3. The number of hydrogen-bond donors (Lipinski definition) is 0. The maximum Gasteiger partial charge on any atom is 0.437 e. The van der Waals surface area contributed by atoms with Gasteiger partial charge in [-0.3, -0.25) is 4.90 Å². The Kier molecular flexibility index (Phi) is 5.34. The van der Waals surface area contributed by atoms with Crippen LogP contribution in [0.1, 0.15) is 37.1 Å². The summed E-state index contributed by atoms with van der Waals surface area (Å²) in [7, 11) is 0. The van der Waals surface area contributed by atoms with Crippen molar-refractivity contribution in [2.24, 2.45) is 0 Å². The van der Waals surface area contributed by atoms with Crippen LogP contribution in [0.2, 0.25) is 0 Å². The molecule has 1 aromatic carbocycles. The van der Waals surface area contributed by atoms with Gasteiger partial charge >= 0.3 is 5.76 Å². The van der Waals surface area contributed by atoms with Crippen molar-refractivity contribution >= 4 is 0 Å². The van der Waals surface area contributed by atoms with Crippen LogP contribution in [-0.4, -0.2) is 34.4 Å². The van der Waals surface area contributed by atoms with Gasteiger partial charge in [0.25, 0.3) is 5.89 Å². The molecule has 1 aliphatic heterocycles. The van der Waals surface area contributed by atoms with E-state index in [1.807, 2.05) is 26.0 Å². The van der Waals surface area contributed by atoms with Gasteiger partial charge in [-0.15, -0.1) is 5.10 Å². The first-order valence-corrected chi connectivity index (χ1v) is 9.72. The Labute approximate surface area is 163 Å². The van der Waals surface area contributed by atoms with E-state index in [2.05, 4.69) is 22.1 Å². The van der Waals surface area contributed by atoms with Gasteiger partial charge in [-0.1, -0.05) is 12.1 Å². The molecule has 0 aliphatic carbocycles. The van der Waals surface area contributed by atoms with E-state index in [1.165, 1.54) is 10.2 Å². The zero-order chi connectivity index (χ0) is 19.5. The Balaban J connectivity index is 1.37. The van der Waals surface area contributed by atoms with Crippen molar-refractivity contribution in [3.63, 3.8) is 0 Å². The van der Waals surface area contributed by atoms with Gasteiger partial charge in [0.2, 0.25) is 0 Å². The lowest BCUT2D eigenvalue weighted by molar-refractivity contribution is 0.169. The second kappa shape index (κ2) is 8.06. The average molecular weight is 383 g/mol. The standard InChI is InChI=1S/C21H25N3O4/c1-3-26-18-6-4-16(5-7-18)14-23-11-8-17(9-12-23)24-21(25)28-20(22-24)19-10-13-27-15(19)2/h4-7,10,13,17H,3,8-9,11-12,14H2,1-2H3.